The van der Waals surface area contributed by atoms with E-state index < -0.39 is 0 Å². The van der Waals surface area contributed by atoms with Crippen molar-refractivity contribution in [2.75, 3.05) is 20.8 Å². The van der Waals surface area contributed by atoms with Crippen molar-refractivity contribution in [1.29, 1.82) is 0 Å². The summed E-state index contributed by atoms with van der Waals surface area (Å²) in [5.74, 6) is 0.970. The molecule has 4 nitrogen and oxygen atoms in total. The fourth-order valence-electron chi connectivity index (χ4n) is 2.04. The molecule has 0 aliphatic carbocycles. The van der Waals surface area contributed by atoms with Crippen LogP contribution in [-0.4, -0.2) is 26.8 Å². The Balaban J connectivity index is 3.30. The molecular formula is C18H26O4. The first-order valence-corrected chi connectivity index (χ1v) is 7.50. The lowest BCUT2D eigenvalue weighted by atomic mass is 9.81. The molecule has 0 N–H and O–H groups in total. The van der Waals surface area contributed by atoms with Crippen LogP contribution in [0.25, 0.3) is 6.08 Å². The maximum Gasteiger partial charge on any atom is 0.330 e. The zero-order chi connectivity index (χ0) is 16.8. The van der Waals surface area contributed by atoms with E-state index in [0.29, 0.717) is 18.1 Å². The Hall–Kier alpha value is -1.97. The SMILES string of the molecule is CCOC(=O)C=Cc1c(OC)cc(C(C)(C)CC)cc1OC. The quantitative estimate of drug-likeness (QED) is 0.565. The van der Waals surface area contributed by atoms with Crippen molar-refractivity contribution in [1.82, 2.24) is 0 Å². The summed E-state index contributed by atoms with van der Waals surface area (Å²) in [5, 5.41) is 0. The average Bonchev–Trinajstić information content (AvgIpc) is 2.52. The Labute approximate surface area is 133 Å². The summed E-state index contributed by atoms with van der Waals surface area (Å²) in [7, 11) is 3.22. The van der Waals surface area contributed by atoms with Gasteiger partial charge in [0.2, 0.25) is 0 Å². The molecular weight excluding hydrogens is 280 g/mol. The third-order valence-electron chi connectivity index (χ3n) is 3.88. The number of hydrogen-bond acceptors (Lipinski definition) is 4. The molecule has 0 aromatic heterocycles. The first-order valence-electron chi connectivity index (χ1n) is 7.50. The van der Waals surface area contributed by atoms with Crippen LogP contribution in [0.1, 0.15) is 45.2 Å². The van der Waals surface area contributed by atoms with E-state index in [0.717, 1.165) is 17.5 Å². The van der Waals surface area contributed by atoms with Crippen LogP contribution in [0.15, 0.2) is 18.2 Å². The third kappa shape index (κ3) is 4.26. The van der Waals surface area contributed by atoms with E-state index >= 15 is 0 Å². The molecule has 0 fully saturated rings. The largest absolute Gasteiger partial charge is 0.496 e. The number of methoxy groups -OCH3 is 2. The second-order valence-corrected chi connectivity index (χ2v) is 5.62. The molecule has 0 amide bonds. The van der Waals surface area contributed by atoms with Crippen LogP contribution in [0.3, 0.4) is 0 Å². The fourth-order valence-corrected chi connectivity index (χ4v) is 2.04. The minimum atomic E-state index is -0.385. The van der Waals surface area contributed by atoms with Crippen molar-refractivity contribution in [2.24, 2.45) is 0 Å². The zero-order valence-electron chi connectivity index (χ0n) is 14.4. The van der Waals surface area contributed by atoms with Crippen molar-refractivity contribution in [3.63, 3.8) is 0 Å². The lowest BCUT2D eigenvalue weighted by Crippen LogP contribution is -2.16. The summed E-state index contributed by atoms with van der Waals surface area (Å²) in [5.41, 5.74) is 1.88. The van der Waals surface area contributed by atoms with Crippen LogP contribution in [0.2, 0.25) is 0 Å². The van der Waals surface area contributed by atoms with Crippen LogP contribution in [0.4, 0.5) is 0 Å². The summed E-state index contributed by atoms with van der Waals surface area (Å²) in [6, 6.07) is 3.99. The zero-order valence-corrected chi connectivity index (χ0v) is 14.4. The molecule has 0 unspecified atom stereocenters. The lowest BCUT2D eigenvalue weighted by molar-refractivity contribution is -0.137. The van der Waals surface area contributed by atoms with Crippen molar-refractivity contribution in [3.8, 4) is 11.5 Å². The monoisotopic (exact) mass is 306 g/mol. The normalized spacial score (nSPS) is 11.5. The number of carbonyl (C=O) groups is 1. The maximum atomic E-state index is 11.5. The van der Waals surface area contributed by atoms with E-state index in [4.69, 9.17) is 14.2 Å². The van der Waals surface area contributed by atoms with Gasteiger partial charge in [-0.3, -0.25) is 0 Å². The molecule has 0 saturated heterocycles. The van der Waals surface area contributed by atoms with Gasteiger partial charge in [-0.15, -0.1) is 0 Å². The number of carbonyl (C=O) groups excluding carboxylic acids is 1. The van der Waals surface area contributed by atoms with Gasteiger partial charge < -0.3 is 14.2 Å². The van der Waals surface area contributed by atoms with E-state index in [9.17, 15) is 4.79 Å². The molecule has 0 aliphatic heterocycles. The van der Waals surface area contributed by atoms with Gasteiger partial charge in [0.25, 0.3) is 0 Å². The summed E-state index contributed by atoms with van der Waals surface area (Å²) < 4.78 is 15.9. The Kier molecular flexibility index (Phi) is 6.47. The van der Waals surface area contributed by atoms with E-state index in [2.05, 4.69) is 20.8 Å². The molecule has 0 heterocycles. The Bertz CT molecular complexity index is 519. The maximum absolute atomic E-state index is 11.5. The van der Waals surface area contributed by atoms with E-state index in [1.165, 1.54) is 6.08 Å². The summed E-state index contributed by atoms with van der Waals surface area (Å²) in [6.45, 7) is 8.62. The van der Waals surface area contributed by atoms with Gasteiger partial charge >= 0.3 is 5.97 Å². The van der Waals surface area contributed by atoms with Crippen molar-refractivity contribution < 1.29 is 19.0 Å². The highest BCUT2D eigenvalue weighted by molar-refractivity contribution is 5.88. The van der Waals surface area contributed by atoms with Crippen LogP contribution in [-0.2, 0) is 14.9 Å². The predicted molar refractivity (Wildman–Crippen MR) is 88.5 cm³/mol. The summed E-state index contributed by atoms with van der Waals surface area (Å²) >= 11 is 0. The fraction of sp³-hybridized carbons (Fsp3) is 0.500. The van der Waals surface area contributed by atoms with E-state index in [-0.39, 0.29) is 11.4 Å². The molecule has 4 heteroatoms. The molecule has 0 atom stereocenters. The van der Waals surface area contributed by atoms with Gasteiger partial charge in [-0.05, 0) is 42.5 Å². The molecule has 0 aliphatic rings. The third-order valence-corrected chi connectivity index (χ3v) is 3.88. The molecule has 1 aromatic carbocycles. The number of hydrogen-bond donors (Lipinski definition) is 0. The molecule has 1 rings (SSSR count). The molecule has 0 radical (unpaired) electrons. The number of benzene rings is 1. The van der Waals surface area contributed by atoms with E-state index in [1.54, 1.807) is 27.2 Å². The molecule has 22 heavy (non-hydrogen) atoms. The lowest BCUT2D eigenvalue weighted by Gasteiger charge is -2.25. The highest BCUT2D eigenvalue weighted by Gasteiger charge is 2.22. The summed E-state index contributed by atoms with van der Waals surface area (Å²) in [6.07, 6.45) is 4.05. The summed E-state index contributed by atoms with van der Waals surface area (Å²) in [4.78, 5) is 11.5. The molecule has 0 spiro atoms. The van der Waals surface area contributed by atoms with Crippen LogP contribution in [0.5, 0.6) is 11.5 Å². The first kappa shape index (κ1) is 18.1. The standard InChI is InChI=1S/C18H26O4/c1-7-18(3,4)13-11-15(20-5)14(16(12-13)21-6)9-10-17(19)22-8-2/h9-12H,7-8H2,1-6H3. The van der Waals surface area contributed by atoms with Gasteiger partial charge in [0.1, 0.15) is 11.5 Å². The molecule has 0 saturated carbocycles. The van der Waals surface area contributed by atoms with Gasteiger partial charge in [0.15, 0.2) is 0 Å². The van der Waals surface area contributed by atoms with Crippen LogP contribution < -0.4 is 9.47 Å². The number of esters is 1. The van der Waals surface area contributed by atoms with E-state index in [1.807, 2.05) is 12.1 Å². The molecule has 0 bridgehead atoms. The second-order valence-electron chi connectivity index (χ2n) is 5.62. The highest BCUT2D eigenvalue weighted by atomic mass is 16.5. The van der Waals surface area contributed by atoms with Gasteiger partial charge in [0.05, 0.1) is 26.4 Å². The Morgan fingerprint density at radius 1 is 1.14 bits per heavy atom. The minimum absolute atomic E-state index is 0.0178. The Morgan fingerprint density at radius 2 is 1.68 bits per heavy atom. The number of rotatable bonds is 7. The van der Waals surface area contributed by atoms with Gasteiger partial charge in [0, 0.05) is 6.08 Å². The molecule has 1 aromatic rings. The minimum Gasteiger partial charge on any atom is -0.496 e. The molecule has 122 valence electrons. The van der Waals surface area contributed by atoms with Crippen LogP contribution in [0, 0.1) is 0 Å². The van der Waals surface area contributed by atoms with Gasteiger partial charge in [-0.1, -0.05) is 20.8 Å². The van der Waals surface area contributed by atoms with Crippen molar-refractivity contribution >= 4 is 12.0 Å². The second kappa shape index (κ2) is 7.87. The highest BCUT2D eigenvalue weighted by Crippen LogP contribution is 2.37. The first-order chi connectivity index (χ1) is 10.4. The smallest absolute Gasteiger partial charge is 0.330 e. The van der Waals surface area contributed by atoms with Crippen LogP contribution >= 0.6 is 0 Å². The number of ether oxygens (including phenoxy) is 3. The van der Waals surface area contributed by atoms with Gasteiger partial charge in [-0.2, -0.15) is 0 Å². The predicted octanol–water partition coefficient (Wildman–Crippen LogP) is 3.97. The van der Waals surface area contributed by atoms with Crippen molar-refractivity contribution in [2.45, 2.75) is 39.5 Å². The van der Waals surface area contributed by atoms with Gasteiger partial charge in [-0.25, -0.2) is 4.79 Å². The average molecular weight is 306 g/mol. The Morgan fingerprint density at radius 3 is 2.09 bits per heavy atom. The topological polar surface area (TPSA) is 44.8 Å². The van der Waals surface area contributed by atoms with Crippen molar-refractivity contribution in [3.05, 3.63) is 29.3 Å².